The third-order valence-electron chi connectivity index (χ3n) is 4.19. The van der Waals surface area contributed by atoms with Gasteiger partial charge in [-0.25, -0.2) is 9.37 Å². The zero-order chi connectivity index (χ0) is 16.8. The van der Waals surface area contributed by atoms with Gasteiger partial charge in [0.05, 0.1) is 16.7 Å². The van der Waals surface area contributed by atoms with E-state index in [2.05, 4.69) is 15.1 Å². The lowest BCUT2D eigenvalue weighted by Gasteiger charge is -2.08. The Morgan fingerprint density at radius 1 is 1.04 bits per heavy atom. The smallest absolute Gasteiger partial charge is 0.141 e. The molecule has 0 saturated heterocycles. The number of aryl methyl sites for hydroxylation is 3. The van der Waals surface area contributed by atoms with Gasteiger partial charge in [-0.1, -0.05) is 23.4 Å². The van der Waals surface area contributed by atoms with E-state index in [1.165, 1.54) is 6.07 Å². The monoisotopic (exact) mass is 321 g/mol. The fraction of sp³-hybridized carbons (Fsp3) is 0.158. The Hall–Kier alpha value is -2.95. The van der Waals surface area contributed by atoms with Gasteiger partial charge in [-0.15, -0.1) is 0 Å². The van der Waals surface area contributed by atoms with Gasteiger partial charge < -0.3 is 9.51 Å². The summed E-state index contributed by atoms with van der Waals surface area (Å²) in [6, 6.07) is 10.7. The quantitative estimate of drug-likeness (QED) is 0.568. The van der Waals surface area contributed by atoms with Crippen molar-refractivity contribution in [1.29, 1.82) is 0 Å². The maximum Gasteiger partial charge on any atom is 0.141 e. The van der Waals surface area contributed by atoms with Crippen molar-refractivity contribution in [2.75, 3.05) is 0 Å². The van der Waals surface area contributed by atoms with Gasteiger partial charge in [-0.05, 0) is 44.5 Å². The molecule has 0 aliphatic carbocycles. The number of imidazole rings is 1. The SMILES string of the molecule is Cc1nc2c(-c3ccccc3F)cc(-c3c(C)noc3C)cc2[nH]1. The van der Waals surface area contributed by atoms with Crippen LogP contribution in [0, 0.1) is 26.6 Å². The summed E-state index contributed by atoms with van der Waals surface area (Å²) in [7, 11) is 0. The Morgan fingerprint density at radius 2 is 1.83 bits per heavy atom. The van der Waals surface area contributed by atoms with Crippen molar-refractivity contribution in [1.82, 2.24) is 15.1 Å². The number of rotatable bonds is 2. The number of aromatic nitrogens is 3. The maximum absolute atomic E-state index is 14.4. The zero-order valence-corrected chi connectivity index (χ0v) is 13.6. The second-order valence-corrected chi connectivity index (χ2v) is 5.92. The van der Waals surface area contributed by atoms with Crippen LogP contribution in [-0.4, -0.2) is 15.1 Å². The number of hydrogen-bond acceptors (Lipinski definition) is 3. The van der Waals surface area contributed by atoms with Crippen LogP contribution in [0.1, 0.15) is 17.3 Å². The van der Waals surface area contributed by atoms with Crippen molar-refractivity contribution in [2.24, 2.45) is 0 Å². The molecule has 0 spiro atoms. The average Bonchev–Trinajstić information content (AvgIpc) is 3.08. The van der Waals surface area contributed by atoms with Crippen LogP contribution in [0.25, 0.3) is 33.3 Å². The Kier molecular flexibility index (Phi) is 3.23. The Bertz CT molecular complexity index is 1040. The first-order valence-corrected chi connectivity index (χ1v) is 7.73. The maximum atomic E-state index is 14.4. The second-order valence-electron chi connectivity index (χ2n) is 5.92. The van der Waals surface area contributed by atoms with Crippen LogP contribution in [0.15, 0.2) is 40.9 Å². The summed E-state index contributed by atoms with van der Waals surface area (Å²) in [6.45, 7) is 5.66. The van der Waals surface area contributed by atoms with E-state index in [0.717, 1.165) is 45.0 Å². The molecular formula is C19H16FN3O. The molecule has 0 aliphatic rings. The summed E-state index contributed by atoms with van der Waals surface area (Å²) in [4.78, 5) is 7.78. The molecule has 0 bridgehead atoms. The molecule has 1 N–H and O–H groups in total. The summed E-state index contributed by atoms with van der Waals surface area (Å²) in [6.07, 6.45) is 0. The lowest BCUT2D eigenvalue weighted by Crippen LogP contribution is -1.89. The molecular weight excluding hydrogens is 305 g/mol. The van der Waals surface area contributed by atoms with Crippen molar-refractivity contribution in [3.63, 3.8) is 0 Å². The van der Waals surface area contributed by atoms with Gasteiger partial charge in [0.25, 0.3) is 0 Å². The summed E-state index contributed by atoms with van der Waals surface area (Å²) in [5.41, 5.74) is 5.58. The van der Waals surface area contributed by atoms with Crippen molar-refractivity contribution in [2.45, 2.75) is 20.8 Å². The number of nitrogens with one attached hydrogen (secondary N) is 1. The molecule has 4 nitrogen and oxygen atoms in total. The van der Waals surface area contributed by atoms with E-state index in [-0.39, 0.29) is 5.82 Å². The highest BCUT2D eigenvalue weighted by atomic mass is 19.1. The Labute approximate surface area is 138 Å². The van der Waals surface area contributed by atoms with E-state index in [9.17, 15) is 4.39 Å². The highest BCUT2D eigenvalue weighted by Gasteiger charge is 2.17. The van der Waals surface area contributed by atoms with Gasteiger partial charge in [0.15, 0.2) is 0 Å². The summed E-state index contributed by atoms with van der Waals surface area (Å²) >= 11 is 0. The largest absolute Gasteiger partial charge is 0.361 e. The van der Waals surface area contributed by atoms with Crippen LogP contribution < -0.4 is 0 Å². The number of H-pyrrole nitrogens is 1. The predicted octanol–water partition coefficient (Wildman–Crippen LogP) is 4.95. The predicted molar refractivity (Wildman–Crippen MR) is 91.2 cm³/mol. The van der Waals surface area contributed by atoms with Gasteiger partial charge >= 0.3 is 0 Å². The first-order valence-electron chi connectivity index (χ1n) is 7.73. The minimum atomic E-state index is -0.268. The highest BCUT2D eigenvalue weighted by molar-refractivity contribution is 5.96. The molecule has 2 aromatic heterocycles. The van der Waals surface area contributed by atoms with Crippen LogP contribution in [0.2, 0.25) is 0 Å². The van der Waals surface area contributed by atoms with E-state index in [4.69, 9.17) is 4.52 Å². The Morgan fingerprint density at radius 3 is 2.54 bits per heavy atom. The summed E-state index contributed by atoms with van der Waals surface area (Å²) < 4.78 is 19.7. The normalized spacial score (nSPS) is 11.3. The summed E-state index contributed by atoms with van der Waals surface area (Å²) in [5.74, 6) is 1.26. The topological polar surface area (TPSA) is 54.7 Å². The number of nitrogens with zero attached hydrogens (tertiary/aromatic N) is 2. The van der Waals surface area contributed by atoms with Crippen molar-refractivity contribution < 1.29 is 8.91 Å². The molecule has 4 aromatic rings. The molecule has 0 aliphatic heterocycles. The van der Waals surface area contributed by atoms with Crippen LogP contribution >= 0.6 is 0 Å². The average molecular weight is 321 g/mol. The lowest BCUT2D eigenvalue weighted by atomic mass is 9.96. The third-order valence-corrected chi connectivity index (χ3v) is 4.19. The van der Waals surface area contributed by atoms with E-state index >= 15 is 0 Å². The minimum Gasteiger partial charge on any atom is -0.361 e. The highest BCUT2D eigenvalue weighted by Crippen LogP contribution is 2.36. The fourth-order valence-corrected chi connectivity index (χ4v) is 3.17. The van der Waals surface area contributed by atoms with Crippen LogP contribution in [0.3, 0.4) is 0 Å². The number of benzene rings is 2. The minimum absolute atomic E-state index is 0.268. The van der Waals surface area contributed by atoms with E-state index < -0.39 is 0 Å². The van der Waals surface area contributed by atoms with Crippen LogP contribution in [0.4, 0.5) is 4.39 Å². The summed E-state index contributed by atoms with van der Waals surface area (Å²) in [5, 5.41) is 4.02. The molecule has 0 saturated carbocycles. The van der Waals surface area contributed by atoms with Gasteiger partial charge in [-0.2, -0.15) is 0 Å². The van der Waals surface area contributed by atoms with E-state index in [1.807, 2.05) is 39.0 Å². The van der Waals surface area contributed by atoms with E-state index in [0.29, 0.717) is 5.56 Å². The molecule has 0 amide bonds. The standard InChI is InChI=1S/C19H16FN3O/c1-10-18(11(2)24-23-10)13-8-15(14-6-4-5-7-16(14)20)19-17(9-13)21-12(3)22-19/h4-9H,1-3H3,(H,21,22). The zero-order valence-electron chi connectivity index (χ0n) is 13.6. The van der Waals surface area contributed by atoms with Gasteiger partial charge in [0.1, 0.15) is 17.4 Å². The number of halogens is 1. The van der Waals surface area contributed by atoms with Gasteiger partial charge in [0.2, 0.25) is 0 Å². The number of hydrogen-bond donors (Lipinski definition) is 1. The van der Waals surface area contributed by atoms with Crippen molar-refractivity contribution >= 4 is 11.0 Å². The van der Waals surface area contributed by atoms with Crippen LogP contribution in [0.5, 0.6) is 0 Å². The molecule has 5 heteroatoms. The first kappa shape index (κ1) is 14.6. The molecule has 0 fully saturated rings. The van der Waals surface area contributed by atoms with Crippen molar-refractivity contribution in [3.8, 4) is 22.3 Å². The third kappa shape index (κ3) is 2.21. The molecule has 2 heterocycles. The number of fused-ring (bicyclic) bond motifs is 1. The molecule has 0 radical (unpaired) electrons. The molecule has 0 unspecified atom stereocenters. The second kappa shape index (κ2) is 5.30. The first-order chi connectivity index (χ1) is 11.5. The van der Waals surface area contributed by atoms with Crippen LogP contribution in [-0.2, 0) is 0 Å². The molecule has 24 heavy (non-hydrogen) atoms. The van der Waals surface area contributed by atoms with E-state index in [1.54, 1.807) is 12.1 Å². The fourth-order valence-electron chi connectivity index (χ4n) is 3.17. The van der Waals surface area contributed by atoms with Gasteiger partial charge in [0, 0.05) is 16.7 Å². The molecule has 2 aromatic carbocycles. The lowest BCUT2D eigenvalue weighted by molar-refractivity contribution is 0.393. The molecule has 4 rings (SSSR count). The Balaban J connectivity index is 2.07. The van der Waals surface area contributed by atoms with Crippen molar-refractivity contribution in [3.05, 3.63) is 59.5 Å². The van der Waals surface area contributed by atoms with Gasteiger partial charge in [-0.3, -0.25) is 0 Å². The molecule has 120 valence electrons. The number of aromatic amines is 1. The molecule has 0 atom stereocenters.